The zero-order chi connectivity index (χ0) is 13.0. The lowest BCUT2D eigenvalue weighted by molar-refractivity contribution is -0.120. The van der Waals surface area contributed by atoms with Gasteiger partial charge >= 0.3 is 0 Å². The first-order chi connectivity index (χ1) is 8.65. The average molecular weight is 264 g/mol. The maximum Gasteiger partial charge on any atom is 0.227 e. The third kappa shape index (κ3) is 3.40. The summed E-state index contributed by atoms with van der Waals surface area (Å²) in [5.41, 5.74) is 1.04. The Bertz CT molecular complexity index is 532. The Hall–Kier alpha value is -1.69. The number of hydrogen-bond acceptors (Lipinski definition) is 4. The van der Waals surface area contributed by atoms with Crippen LogP contribution < -0.4 is 5.32 Å². The number of hydrogen-bond donors (Lipinski definition) is 1. The number of thiazole rings is 1. The van der Waals surface area contributed by atoms with Gasteiger partial charge in [-0.15, -0.1) is 11.3 Å². The van der Waals surface area contributed by atoms with Crippen LogP contribution in [0.2, 0.25) is 0 Å². The van der Waals surface area contributed by atoms with Crippen molar-refractivity contribution in [1.29, 1.82) is 0 Å². The summed E-state index contributed by atoms with van der Waals surface area (Å²) >= 11 is 1.63. The number of imidazole rings is 1. The van der Waals surface area contributed by atoms with Crippen LogP contribution in [0.3, 0.4) is 0 Å². The van der Waals surface area contributed by atoms with E-state index in [4.69, 9.17) is 0 Å². The second kappa shape index (κ2) is 5.77. The lowest BCUT2D eigenvalue weighted by Crippen LogP contribution is -2.28. The van der Waals surface area contributed by atoms with Gasteiger partial charge in [-0.05, 0) is 6.92 Å². The Morgan fingerprint density at radius 1 is 1.56 bits per heavy atom. The van der Waals surface area contributed by atoms with Crippen molar-refractivity contribution in [2.24, 2.45) is 7.05 Å². The number of carbonyl (C=O) groups is 1. The summed E-state index contributed by atoms with van der Waals surface area (Å²) in [6, 6.07) is 0. The summed E-state index contributed by atoms with van der Waals surface area (Å²) < 4.78 is 1.85. The molecule has 0 unspecified atom stereocenters. The summed E-state index contributed by atoms with van der Waals surface area (Å²) in [5, 5.41) is 5.96. The number of amides is 1. The van der Waals surface area contributed by atoms with Crippen LogP contribution in [0.4, 0.5) is 0 Å². The van der Waals surface area contributed by atoms with Crippen LogP contribution in [0.25, 0.3) is 0 Å². The van der Waals surface area contributed by atoms with Crippen LogP contribution in [-0.4, -0.2) is 27.0 Å². The van der Waals surface area contributed by atoms with Crippen LogP contribution in [0.1, 0.15) is 16.5 Å². The van der Waals surface area contributed by atoms with Crippen LogP contribution in [0, 0.1) is 6.92 Å². The molecule has 5 nitrogen and oxygen atoms in total. The van der Waals surface area contributed by atoms with Crippen molar-refractivity contribution in [3.63, 3.8) is 0 Å². The minimum atomic E-state index is -0.00224. The molecule has 0 aromatic carbocycles. The molecule has 2 aromatic heterocycles. The maximum absolute atomic E-state index is 11.7. The summed E-state index contributed by atoms with van der Waals surface area (Å²) in [6.45, 7) is 2.59. The molecule has 6 heteroatoms. The fraction of sp³-hybridized carbons (Fsp3) is 0.417. The van der Waals surface area contributed by atoms with E-state index >= 15 is 0 Å². The lowest BCUT2D eigenvalue weighted by atomic mass is 10.3. The molecule has 18 heavy (non-hydrogen) atoms. The molecule has 0 bridgehead atoms. The Labute approximate surface area is 110 Å². The first kappa shape index (κ1) is 12.8. The normalized spacial score (nSPS) is 10.6. The third-order valence-corrected chi connectivity index (χ3v) is 3.59. The first-order valence-corrected chi connectivity index (χ1v) is 6.67. The predicted molar refractivity (Wildman–Crippen MR) is 70.5 cm³/mol. The Kier molecular flexibility index (Phi) is 4.09. The molecule has 96 valence electrons. The van der Waals surface area contributed by atoms with Crippen molar-refractivity contribution >= 4 is 17.2 Å². The van der Waals surface area contributed by atoms with Crippen molar-refractivity contribution in [2.75, 3.05) is 6.54 Å². The lowest BCUT2D eigenvalue weighted by Gasteiger charge is -2.04. The van der Waals surface area contributed by atoms with Gasteiger partial charge in [0.15, 0.2) is 0 Å². The quantitative estimate of drug-likeness (QED) is 0.879. The van der Waals surface area contributed by atoms with Crippen molar-refractivity contribution in [2.45, 2.75) is 19.8 Å². The largest absolute Gasteiger partial charge is 0.355 e. The maximum atomic E-state index is 11.7. The smallest absolute Gasteiger partial charge is 0.227 e. The number of carbonyl (C=O) groups excluding carboxylic acids is 1. The third-order valence-electron chi connectivity index (χ3n) is 2.57. The highest BCUT2D eigenvalue weighted by atomic mass is 32.1. The Morgan fingerprint density at radius 2 is 2.39 bits per heavy atom. The van der Waals surface area contributed by atoms with Gasteiger partial charge in [-0.25, -0.2) is 9.97 Å². The standard InChI is InChI=1S/C12H16N4OS/c1-9-8-18-12(15-9)3-4-14-11(17)7-10-13-5-6-16(10)2/h5-6,8H,3-4,7H2,1-2H3,(H,14,17). The topological polar surface area (TPSA) is 59.8 Å². The van der Waals surface area contributed by atoms with Gasteiger partial charge in [0.25, 0.3) is 0 Å². The molecular weight excluding hydrogens is 248 g/mol. The second-order valence-corrected chi connectivity index (χ2v) is 5.06. The zero-order valence-electron chi connectivity index (χ0n) is 10.5. The van der Waals surface area contributed by atoms with E-state index in [0.717, 1.165) is 22.9 Å². The van der Waals surface area contributed by atoms with E-state index in [0.29, 0.717) is 13.0 Å². The molecule has 2 rings (SSSR count). The van der Waals surface area contributed by atoms with E-state index in [1.807, 2.05) is 30.1 Å². The molecule has 0 spiro atoms. The van der Waals surface area contributed by atoms with Crippen LogP contribution in [0.5, 0.6) is 0 Å². The summed E-state index contributed by atoms with van der Waals surface area (Å²) in [4.78, 5) is 20.1. The molecule has 2 aromatic rings. The number of aromatic nitrogens is 3. The summed E-state index contributed by atoms with van der Waals surface area (Å²) in [5.74, 6) is 0.773. The average Bonchev–Trinajstić information content (AvgIpc) is 2.89. The summed E-state index contributed by atoms with van der Waals surface area (Å²) in [7, 11) is 1.88. The monoisotopic (exact) mass is 264 g/mol. The minimum Gasteiger partial charge on any atom is -0.355 e. The fourth-order valence-electron chi connectivity index (χ4n) is 1.60. The zero-order valence-corrected chi connectivity index (χ0v) is 11.3. The van der Waals surface area contributed by atoms with Crippen molar-refractivity contribution in [1.82, 2.24) is 19.9 Å². The molecule has 0 radical (unpaired) electrons. The highest BCUT2D eigenvalue weighted by Crippen LogP contribution is 2.08. The summed E-state index contributed by atoms with van der Waals surface area (Å²) in [6.07, 6.45) is 4.63. The van der Waals surface area contributed by atoms with Gasteiger partial charge in [0.1, 0.15) is 5.82 Å². The van der Waals surface area contributed by atoms with Gasteiger partial charge < -0.3 is 9.88 Å². The molecular formula is C12H16N4OS. The van der Waals surface area contributed by atoms with Crippen LogP contribution in [-0.2, 0) is 24.7 Å². The highest BCUT2D eigenvalue weighted by molar-refractivity contribution is 7.09. The van der Waals surface area contributed by atoms with Gasteiger partial charge in [-0.1, -0.05) is 0 Å². The van der Waals surface area contributed by atoms with Gasteiger partial charge in [-0.3, -0.25) is 4.79 Å². The van der Waals surface area contributed by atoms with Gasteiger partial charge in [0.2, 0.25) is 5.91 Å². The molecule has 1 amide bonds. The van der Waals surface area contributed by atoms with E-state index in [-0.39, 0.29) is 5.91 Å². The van der Waals surface area contributed by atoms with Crippen molar-refractivity contribution in [3.8, 4) is 0 Å². The van der Waals surface area contributed by atoms with Crippen LogP contribution >= 0.6 is 11.3 Å². The van der Waals surface area contributed by atoms with E-state index in [1.165, 1.54) is 0 Å². The Balaban J connectivity index is 1.74. The predicted octanol–water partition coefficient (Wildman–Crippen LogP) is 1.09. The van der Waals surface area contributed by atoms with Crippen molar-refractivity contribution in [3.05, 3.63) is 34.3 Å². The molecule has 0 aliphatic carbocycles. The van der Waals surface area contributed by atoms with Crippen molar-refractivity contribution < 1.29 is 4.79 Å². The molecule has 0 saturated heterocycles. The molecule has 1 N–H and O–H groups in total. The molecule has 0 aliphatic heterocycles. The fourth-order valence-corrected chi connectivity index (χ4v) is 2.38. The highest BCUT2D eigenvalue weighted by Gasteiger charge is 2.07. The van der Waals surface area contributed by atoms with Crippen LogP contribution in [0.15, 0.2) is 17.8 Å². The second-order valence-electron chi connectivity index (χ2n) is 4.11. The SMILES string of the molecule is Cc1csc(CCNC(=O)Cc2nccn2C)n1. The van der Waals surface area contributed by atoms with Gasteiger partial charge in [0.05, 0.1) is 11.4 Å². The first-order valence-electron chi connectivity index (χ1n) is 5.79. The minimum absolute atomic E-state index is 0.00224. The van der Waals surface area contributed by atoms with E-state index in [9.17, 15) is 4.79 Å². The molecule has 0 saturated carbocycles. The molecule has 2 heterocycles. The number of nitrogens with zero attached hydrogens (tertiary/aromatic N) is 3. The van der Waals surface area contributed by atoms with E-state index < -0.39 is 0 Å². The van der Waals surface area contributed by atoms with Gasteiger partial charge in [-0.2, -0.15) is 0 Å². The number of rotatable bonds is 5. The molecule has 0 atom stereocenters. The van der Waals surface area contributed by atoms with E-state index in [1.54, 1.807) is 17.5 Å². The molecule has 0 fully saturated rings. The van der Waals surface area contributed by atoms with Gasteiger partial charge in [0, 0.05) is 43.5 Å². The van der Waals surface area contributed by atoms with E-state index in [2.05, 4.69) is 15.3 Å². The number of aryl methyl sites for hydroxylation is 2. The Morgan fingerprint density at radius 3 is 3.00 bits per heavy atom. The number of nitrogens with one attached hydrogen (secondary N) is 1. The molecule has 0 aliphatic rings.